The van der Waals surface area contributed by atoms with Crippen molar-refractivity contribution in [3.8, 4) is 11.5 Å². The van der Waals surface area contributed by atoms with Crippen LogP contribution in [0, 0.1) is 6.92 Å². The Bertz CT molecular complexity index is 798. The molecule has 0 aliphatic carbocycles. The first-order valence-corrected chi connectivity index (χ1v) is 9.41. The number of benzene rings is 2. The summed E-state index contributed by atoms with van der Waals surface area (Å²) < 4.78 is 12.0. The van der Waals surface area contributed by atoms with Gasteiger partial charge in [0.25, 0.3) is 0 Å². The van der Waals surface area contributed by atoms with Crippen LogP contribution in [0.4, 0.5) is 0 Å². The van der Waals surface area contributed by atoms with Crippen molar-refractivity contribution in [1.82, 2.24) is 5.32 Å². The summed E-state index contributed by atoms with van der Waals surface area (Å²) in [5, 5.41) is 2.97. The first-order chi connectivity index (χ1) is 12.1. The zero-order chi connectivity index (χ0) is 17.6. The van der Waals surface area contributed by atoms with E-state index in [4.69, 9.17) is 33.9 Å². The van der Waals surface area contributed by atoms with Crippen molar-refractivity contribution >= 4 is 51.6 Å². The van der Waals surface area contributed by atoms with Gasteiger partial charge in [-0.05, 0) is 42.8 Å². The summed E-state index contributed by atoms with van der Waals surface area (Å²) in [5.74, 6) is 1.66. The van der Waals surface area contributed by atoms with Gasteiger partial charge in [-0.3, -0.25) is 0 Å². The maximum atomic E-state index is 5.70. The van der Waals surface area contributed by atoms with Crippen molar-refractivity contribution in [3.63, 3.8) is 0 Å². The topological polar surface area (TPSA) is 30.5 Å². The Hall–Kier alpha value is -1.89. The number of ether oxygens (including phenoxy) is 2. The van der Waals surface area contributed by atoms with Crippen molar-refractivity contribution < 1.29 is 9.47 Å². The van der Waals surface area contributed by atoms with Gasteiger partial charge in [-0.15, -0.1) is 0 Å². The predicted molar refractivity (Wildman–Crippen MR) is 113 cm³/mol. The van der Waals surface area contributed by atoms with Crippen LogP contribution in [-0.2, 0) is 0 Å². The van der Waals surface area contributed by atoms with E-state index in [9.17, 15) is 0 Å². The molecule has 0 saturated carbocycles. The minimum absolute atomic E-state index is 0.493. The van der Waals surface area contributed by atoms with Crippen LogP contribution in [0.5, 0.6) is 11.5 Å². The number of nitrogens with one attached hydrogen (secondary N) is 1. The van der Waals surface area contributed by atoms with Crippen LogP contribution in [0.25, 0.3) is 6.08 Å². The Kier molecular flexibility index (Phi) is 6.07. The van der Waals surface area contributed by atoms with E-state index in [2.05, 4.69) is 12.2 Å². The second kappa shape index (κ2) is 8.47. The smallest absolute Gasteiger partial charge is 0.143 e. The first-order valence-electron chi connectivity index (χ1n) is 7.77. The van der Waals surface area contributed by atoms with Crippen molar-refractivity contribution in [1.29, 1.82) is 0 Å². The van der Waals surface area contributed by atoms with Crippen LogP contribution in [0.2, 0.25) is 0 Å². The molecule has 0 aromatic heterocycles. The van der Waals surface area contributed by atoms with E-state index in [1.54, 1.807) is 0 Å². The number of thioether (sulfide) groups is 1. The molecular weight excluding hydrogens is 370 g/mol. The second-order valence-electron chi connectivity index (χ2n) is 5.43. The number of thiocarbonyl (C=S) groups is 2. The average molecular weight is 388 g/mol. The van der Waals surface area contributed by atoms with E-state index in [0.29, 0.717) is 22.5 Å². The highest BCUT2D eigenvalue weighted by Gasteiger charge is 2.18. The molecule has 0 unspecified atom stereocenters. The molecule has 6 heteroatoms. The molecule has 1 heterocycles. The highest BCUT2D eigenvalue weighted by atomic mass is 32.2. The average Bonchev–Trinajstić information content (AvgIpc) is 2.92. The van der Waals surface area contributed by atoms with E-state index >= 15 is 0 Å². The third kappa shape index (κ3) is 5.29. The van der Waals surface area contributed by atoms with Crippen LogP contribution in [-0.4, -0.2) is 22.5 Å². The third-order valence-electron chi connectivity index (χ3n) is 3.46. The van der Waals surface area contributed by atoms with Crippen molar-refractivity contribution in [2.45, 2.75) is 6.92 Å². The summed E-state index contributed by atoms with van der Waals surface area (Å²) in [6.07, 6.45) is 2.02. The maximum Gasteiger partial charge on any atom is 0.143 e. The van der Waals surface area contributed by atoms with Gasteiger partial charge in [0.2, 0.25) is 0 Å². The van der Waals surface area contributed by atoms with E-state index in [1.165, 1.54) is 17.3 Å². The van der Waals surface area contributed by atoms with Crippen LogP contribution >= 0.6 is 36.2 Å². The Labute approximate surface area is 162 Å². The molecule has 1 N–H and O–H groups in total. The summed E-state index contributed by atoms with van der Waals surface area (Å²) in [4.78, 5) is 1.66. The summed E-state index contributed by atoms with van der Waals surface area (Å²) >= 11 is 11.8. The highest BCUT2D eigenvalue weighted by molar-refractivity contribution is 8.27. The Morgan fingerprint density at radius 3 is 2.00 bits per heavy atom. The Morgan fingerprint density at radius 1 is 0.920 bits per heavy atom. The summed E-state index contributed by atoms with van der Waals surface area (Å²) in [7, 11) is 0. The van der Waals surface area contributed by atoms with Gasteiger partial charge in [0.15, 0.2) is 0 Å². The van der Waals surface area contributed by atoms with Gasteiger partial charge in [0.1, 0.15) is 34.0 Å². The lowest BCUT2D eigenvalue weighted by Gasteiger charge is -2.09. The molecule has 1 aliphatic rings. The summed E-state index contributed by atoms with van der Waals surface area (Å²) in [5.41, 5.74) is 2.27. The molecule has 25 heavy (non-hydrogen) atoms. The predicted octanol–water partition coefficient (Wildman–Crippen LogP) is 4.74. The molecule has 3 rings (SSSR count). The standard InChI is InChI=1S/C19H17NO2S3/c1-13-2-6-15(7-3-13)21-10-11-22-16-8-4-14(5-9-16)12-17-18(23)20-19(24)25-17/h2-9,12H,10-11H2,1H3,(H,20,23,24)/b17-12-. The van der Waals surface area contributed by atoms with Crippen LogP contribution in [0.3, 0.4) is 0 Å². The molecule has 0 bridgehead atoms. The molecule has 0 atom stereocenters. The zero-order valence-corrected chi connectivity index (χ0v) is 16.1. The maximum absolute atomic E-state index is 5.70. The molecule has 2 aromatic carbocycles. The zero-order valence-electron chi connectivity index (χ0n) is 13.7. The van der Waals surface area contributed by atoms with Crippen LogP contribution in [0.15, 0.2) is 53.4 Å². The molecule has 0 radical (unpaired) electrons. The Morgan fingerprint density at radius 2 is 1.48 bits per heavy atom. The number of hydrogen-bond donors (Lipinski definition) is 1. The van der Waals surface area contributed by atoms with E-state index in [0.717, 1.165) is 22.0 Å². The molecule has 0 spiro atoms. The fraction of sp³-hybridized carbons (Fsp3) is 0.158. The largest absolute Gasteiger partial charge is 0.490 e. The van der Waals surface area contributed by atoms with Gasteiger partial charge in [-0.1, -0.05) is 66.0 Å². The number of aryl methyl sites for hydroxylation is 1. The van der Waals surface area contributed by atoms with Gasteiger partial charge in [-0.2, -0.15) is 0 Å². The quantitative estimate of drug-likeness (QED) is 0.438. The van der Waals surface area contributed by atoms with Gasteiger partial charge < -0.3 is 14.8 Å². The SMILES string of the molecule is Cc1ccc(OCCOc2ccc(/C=C3\SC(=S)NC3=S)cc2)cc1. The van der Waals surface area contributed by atoms with E-state index < -0.39 is 0 Å². The monoisotopic (exact) mass is 387 g/mol. The minimum Gasteiger partial charge on any atom is -0.490 e. The molecule has 2 aromatic rings. The van der Waals surface area contributed by atoms with Crippen molar-refractivity contribution in [2.75, 3.05) is 13.2 Å². The molecule has 3 nitrogen and oxygen atoms in total. The molecule has 1 fully saturated rings. The molecule has 128 valence electrons. The lowest BCUT2D eigenvalue weighted by atomic mass is 10.2. The van der Waals surface area contributed by atoms with E-state index in [-0.39, 0.29) is 0 Å². The van der Waals surface area contributed by atoms with Crippen LogP contribution in [0.1, 0.15) is 11.1 Å². The van der Waals surface area contributed by atoms with E-state index in [1.807, 2.05) is 54.6 Å². The Balaban J connectivity index is 1.48. The lowest BCUT2D eigenvalue weighted by Crippen LogP contribution is -2.15. The molecule has 1 aliphatic heterocycles. The molecule has 1 saturated heterocycles. The van der Waals surface area contributed by atoms with Gasteiger partial charge in [0.05, 0.1) is 0 Å². The van der Waals surface area contributed by atoms with Gasteiger partial charge >= 0.3 is 0 Å². The fourth-order valence-corrected chi connectivity index (χ4v) is 3.66. The first kappa shape index (κ1) is 17.9. The third-order valence-corrected chi connectivity index (χ3v) is 5.09. The summed E-state index contributed by atoms with van der Waals surface area (Å²) in [6.45, 7) is 3.05. The molecular formula is C19H17NO2S3. The lowest BCUT2D eigenvalue weighted by molar-refractivity contribution is 0.217. The second-order valence-corrected chi connectivity index (χ2v) is 7.56. The fourth-order valence-electron chi connectivity index (χ4n) is 2.19. The van der Waals surface area contributed by atoms with Crippen molar-refractivity contribution in [3.05, 3.63) is 64.6 Å². The van der Waals surface area contributed by atoms with Crippen LogP contribution < -0.4 is 14.8 Å². The van der Waals surface area contributed by atoms with Crippen molar-refractivity contribution in [2.24, 2.45) is 0 Å². The summed E-state index contributed by atoms with van der Waals surface area (Å²) in [6, 6.07) is 15.8. The highest BCUT2D eigenvalue weighted by Crippen LogP contribution is 2.27. The normalized spacial score (nSPS) is 15.3. The molecule has 0 amide bonds. The number of rotatable bonds is 6. The van der Waals surface area contributed by atoms with Gasteiger partial charge in [-0.25, -0.2) is 0 Å². The number of hydrogen-bond acceptors (Lipinski definition) is 5. The minimum atomic E-state index is 0.493. The van der Waals surface area contributed by atoms with Gasteiger partial charge in [0, 0.05) is 4.91 Å².